The standard InChI is InChI=1S/C16H30N2O3.ClH/c1-10(2)8-14(16(20)21-11(3)4)18-15(19)12-6-5-7-13(17)9-12;/h10-14H,5-9,17H2,1-4H3,(H,18,19);1H/t12?,13?,14-;/m0./s1. The molecule has 1 amide bonds. The van der Waals surface area contributed by atoms with Crippen molar-refractivity contribution in [3.63, 3.8) is 0 Å². The van der Waals surface area contributed by atoms with Crippen LogP contribution in [0.1, 0.15) is 59.8 Å². The number of nitrogens with two attached hydrogens (primary N) is 1. The molecule has 0 heterocycles. The molecule has 1 saturated carbocycles. The summed E-state index contributed by atoms with van der Waals surface area (Å²) in [5.41, 5.74) is 5.93. The molecule has 1 rings (SSSR count). The summed E-state index contributed by atoms with van der Waals surface area (Å²) in [5, 5.41) is 2.87. The monoisotopic (exact) mass is 334 g/mol. The van der Waals surface area contributed by atoms with Crippen molar-refractivity contribution in [2.75, 3.05) is 0 Å². The lowest BCUT2D eigenvalue weighted by molar-refractivity contribution is -0.152. The van der Waals surface area contributed by atoms with Crippen LogP contribution < -0.4 is 11.1 Å². The fourth-order valence-corrected chi connectivity index (χ4v) is 2.76. The van der Waals surface area contributed by atoms with Gasteiger partial charge in [0.05, 0.1) is 6.10 Å². The summed E-state index contributed by atoms with van der Waals surface area (Å²) in [6.45, 7) is 7.68. The first-order valence-electron chi connectivity index (χ1n) is 8.06. The van der Waals surface area contributed by atoms with Crippen molar-refractivity contribution >= 4 is 24.3 Å². The first-order valence-corrected chi connectivity index (χ1v) is 8.06. The van der Waals surface area contributed by atoms with E-state index in [1.54, 1.807) is 0 Å². The van der Waals surface area contributed by atoms with Gasteiger partial charge in [-0.25, -0.2) is 4.79 Å². The molecule has 6 heteroatoms. The fraction of sp³-hybridized carbons (Fsp3) is 0.875. The number of amides is 1. The molecule has 0 spiro atoms. The number of hydrogen-bond acceptors (Lipinski definition) is 4. The van der Waals surface area contributed by atoms with Crippen LogP contribution in [0.5, 0.6) is 0 Å². The summed E-state index contributed by atoms with van der Waals surface area (Å²) in [4.78, 5) is 24.5. The highest BCUT2D eigenvalue weighted by Crippen LogP contribution is 2.23. The normalized spacial score (nSPS) is 22.9. The summed E-state index contributed by atoms with van der Waals surface area (Å²) < 4.78 is 5.24. The second-order valence-corrected chi connectivity index (χ2v) is 6.80. The van der Waals surface area contributed by atoms with E-state index in [1.807, 2.05) is 27.7 Å². The Morgan fingerprint density at radius 3 is 2.36 bits per heavy atom. The van der Waals surface area contributed by atoms with Gasteiger partial charge in [0.15, 0.2) is 0 Å². The van der Waals surface area contributed by atoms with E-state index < -0.39 is 6.04 Å². The molecule has 3 atom stereocenters. The molecular weight excluding hydrogens is 304 g/mol. The predicted molar refractivity (Wildman–Crippen MR) is 89.8 cm³/mol. The molecule has 0 saturated heterocycles. The number of nitrogens with one attached hydrogen (secondary N) is 1. The Hall–Kier alpha value is -0.810. The van der Waals surface area contributed by atoms with Gasteiger partial charge in [0.1, 0.15) is 6.04 Å². The molecule has 2 unspecified atom stereocenters. The molecule has 5 nitrogen and oxygen atoms in total. The number of carbonyl (C=O) groups is 2. The van der Waals surface area contributed by atoms with E-state index in [2.05, 4.69) is 5.32 Å². The van der Waals surface area contributed by atoms with Crippen molar-refractivity contribution in [1.82, 2.24) is 5.32 Å². The second kappa shape index (κ2) is 10.1. The van der Waals surface area contributed by atoms with Crippen LogP contribution in [-0.4, -0.2) is 30.1 Å². The van der Waals surface area contributed by atoms with Gasteiger partial charge < -0.3 is 15.8 Å². The third kappa shape index (κ3) is 7.45. The van der Waals surface area contributed by atoms with E-state index in [-0.39, 0.29) is 42.3 Å². The molecule has 0 aliphatic heterocycles. The molecule has 1 fully saturated rings. The maximum Gasteiger partial charge on any atom is 0.328 e. The zero-order valence-electron chi connectivity index (χ0n) is 14.1. The number of halogens is 1. The van der Waals surface area contributed by atoms with E-state index >= 15 is 0 Å². The van der Waals surface area contributed by atoms with Gasteiger partial charge in [0.25, 0.3) is 0 Å². The SMILES string of the molecule is CC(C)C[C@H](NC(=O)C1CCCC(N)C1)C(=O)OC(C)C.Cl. The van der Waals surface area contributed by atoms with Crippen LogP contribution in [-0.2, 0) is 14.3 Å². The van der Waals surface area contributed by atoms with Crippen molar-refractivity contribution in [2.24, 2.45) is 17.6 Å². The van der Waals surface area contributed by atoms with Gasteiger partial charge >= 0.3 is 5.97 Å². The summed E-state index contributed by atoms with van der Waals surface area (Å²) in [6.07, 6.45) is 3.94. The number of carbonyl (C=O) groups excluding carboxylic acids is 2. The third-order valence-electron chi connectivity index (χ3n) is 3.75. The quantitative estimate of drug-likeness (QED) is 0.731. The molecule has 0 aromatic carbocycles. The number of esters is 1. The zero-order chi connectivity index (χ0) is 16.0. The Labute approximate surface area is 140 Å². The van der Waals surface area contributed by atoms with Gasteiger partial charge in [-0.1, -0.05) is 20.3 Å². The molecule has 0 aromatic heterocycles. The van der Waals surface area contributed by atoms with Crippen molar-refractivity contribution < 1.29 is 14.3 Å². The van der Waals surface area contributed by atoms with E-state index in [9.17, 15) is 9.59 Å². The first kappa shape index (κ1) is 21.2. The first-order chi connectivity index (χ1) is 9.79. The predicted octanol–water partition coefficient (Wildman–Crippen LogP) is 2.41. The summed E-state index contributed by atoms with van der Waals surface area (Å²) in [7, 11) is 0. The lowest BCUT2D eigenvalue weighted by Gasteiger charge is -2.28. The van der Waals surface area contributed by atoms with Crippen LogP contribution in [0.25, 0.3) is 0 Å². The Balaban J connectivity index is 0.00000441. The van der Waals surface area contributed by atoms with E-state index in [4.69, 9.17) is 10.5 Å². The van der Waals surface area contributed by atoms with E-state index in [0.717, 1.165) is 19.3 Å². The second-order valence-electron chi connectivity index (χ2n) is 6.80. The van der Waals surface area contributed by atoms with Crippen LogP contribution in [0.2, 0.25) is 0 Å². The minimum atomic E-state index is -0.557. The van der Waals surface area contributed by atoms with Gasteiger partial charge in [-0.15, -0.1) is 12.4 Å². The Bertz CT molecular complexity index is 361. The zero-order valence-corrected chi connectivity index (χ0v) is 14.9. The van der Waals surface area contributed by atoms with Crippen molar-refractivity contribution in [3.8, 4) is 0 Å². The van der Waals surface area contributed by atoms with Gasteiger partial charge in [0, 0.05) is 12.0 Å². The van der Waals surface area contributed by atoms with Gasteiger partial charge in [0.2, 0.25) is 5.91 Å². The molecule has 1 aliphatic rings. The Morgan fingerprint density at radius 1 is 1.23 bits per heavy atom. The molecule has 22 heavy (non-hydrogen) atoms. The van der Waals surface area contributed by atoms with Crippen LogP contribution >= 0.6 is 12.4 Å². The van der Waals surface area contributed by atoms with Crippen LogP contribution in [0.15, 0.2) is 0 Å². The largest absolute Gasteiger partial charge is 0.461 e. The smallest absolute Gasteiger partial charge is 0.328 e. The maximum atomic E-state index is 12.4. The maximum absolute atomic E-state index is 12.4. The lowest BCUT2D eigenvalue weighted by atomic mass is 9.85. The molecule has 130 valence electrons. The highest BCUT2D eigenvalue weighted by molar-refractivity contribution is 5.86. The molecular formula is C16H31ClN2O3. The molecule has 0 bridgehead atoms. The van der Waals surface area contributed by atoms with Gasteiger partial charge in [-0.2, -0.15) is 0 Å². The van der Waals surface area contributed by atoms with E-state index in [0.29, 0.717) is 18.8 Å². The number of hydrogen-bond donors (Lipinski definition) is 2. The fourth-order valence-electron chi connectivity index (χ4n) is 2.76. The third-order valence-corrected chi connectivity index (χ3v) is 3.75. The van der Waals surface area contributed by atoms with Crippen LogP contribution in [0.3, 0.4) is 0 Å². The van der Waals surface area contributed by atoms with Crippen molar-refractivity contribution in [3.05, 3.63) is 0 Å². The molecule has 3 N–H and O–H groups in total. The van der Waals surface area contributed by atoms with Crippen molar-refractivity contribution in [1.29, 1.82) is 0 Å². The van der Waals surface area contributed by atoms with E-state index in [1.165, 1.54) is 0 Å². The van der Waals surface area contributed by atoms with Crippen LogP contribution in [0, 0.1) is 11.8 Å². The average Bonchev–Trinajstić information content (AvgIpc) is 2.36. The number of rotatable bonds is 6. The highest BCUT2D eigenvalue weighted by atomic mass is 35.5. The highest BCUT2D eigenvalue weighted by Gasteiger charge is 2.30. The average molecular weight is 335 g/mol. The molecule has 1 aliphatic carbocycles. The summed E-state index contributed by atoms with van der Waals surface area (Å²) in [6, 6.07) is -0.460. The Morgan fingerprint density at radius 2 is 1.86 bits per heavy atom. The summed E-state index contributed by atoms with van der Waals surface area (Å²) >= 11 is 0. The minimum absolute atomic E-state index is 0. The number of ether oxygens (including phenoxy) is 1. The lowest BCUT2D eigenvalue weighted by Crippen LogP contribution is -2.47. The van der Waals surface area contributed by atoms with Gasteiger partial charge in [-0.05, 0) is 45.4 Å². The summed E-state index contributed by atoms with van der Waals surface area (Å²) in [5.74, 6) is -0.164. The minimum Gasteiger partial charge on any atom is -0.461 e. The topological polar surface area (TPSA) is 81.4 Å². The Kier molecular flexibility index (Phi) is 9.69. The molecule has 0 aromatic rings. The van der Waals surface area contributed by atoms with Crippen LogP contribution in [0.4, 0.5) is 0 Å². The van der Waals surface area contributed by atoms with Gasteiger partial charge in [-0.3, -0.25) is 4.79 Å². The molecule has 0 radical (unpaired) electrons. The van der Waals surface area contributed by atoms with Crippen molar-refractivity contribution in [2.45, 2.75) is 78.0 Å².